The molecule has 0 atom stereocenters. The number of nitrogens with one attached hydrogen (secondary N) is 2. The zero-order chi connectivity index (χ0) is 18.3. The van der Waals surface area contributed by atoms with Gasteiger partial charge in [-0.2, -0.15) is 0 Å². The lowest BCUT2D eigenvalue weighted by Gasteiger charge is -2.11. The molecular formula is C17H13F3N4O2. The predicted octanol–water partition coefficient (Wildman–Crippen LogP) is 3.87. The number of rotatable bonds is 4. The van der Waals surface area contributed by atoms with Crippen molar-refractivity contribution in [2.75, 3.05) is 5.32 Å². The zero-order valence-electron chi connectivity index (χ0n) is 13.3. The number of pyridine rings is 1. The summed E-state index contributed by atoms with van der Waals surface area (Å²) in [6.45, 7) is 0. The Morgan fingerprint density at radius 1 is 1.23 bits per heavy atom. The Labute approximate surface area is 145 Å². The van der Waals surface area contributed by atoms with E-state index in [1.54, 1.807) is 12.1 Å². The molecule has 6 nitrogen and oxygen atoms in total. The molecule has 1 amide bonds. The molecule has 26 heavy (non-hydrogen) atoms. The number of para-hydroxylation sites is 1. The largest absolute Gasteiger partial charge is 0.573 e. The van der Waals surface area contributed by atoms with Crippen LogP contribution in [0.2, 0.25) is 0 Å². The molecule has 0 saturated heterocycles. The first-order valence-electron chi connectivity index (χ1n) is 7.91. The van der Waals surface area contributed by atoms with E-state index in [1.165, 1.54) is 24.4 Å². The number of nitrogens with zero attached hydrogens (tertiary/aromatic N) is 2. The predicted molar refractivity (Wildman–Crippen MR) is 87.4 cm³/mol. The van der Waals surface area contributed by atoms with E-state index in [0.29, 0.717) is 11.0 Å². The molecule has 134 valence electrons. The van der Waals surface area contributed by atoms with E-state index in [1.807, 2.05) is 0 Å². The van der Waals surface area contributed by atoms with Gasteiger partial charge in [-0.25, -0.2) is 9.97 Å². The van der Waals surface area contributed by atoms with E-state index in [4.69, 9.17) is 0 Å². The SMILES string of the molecule is O=C(Nc1nccc2[nH]c(-c3ccccc3OC(F)(F)F)nc12)C1CC1. The van der Waals surface area contributed by atoms with Gasteiger partial charge >= 0.3 is 6.36 Å². The number of aromatic nitrogens is 3. The number of imidazole rings is 1. The van der Waals surface area contributed by atoms with Gasteiger partial charge in [-0.15, -0.1) is 13.2 Å². The van der Waals surface area contributed by atoms with Crippen molar-refractivity contribution in [2.24, 2.45) is 5.92 Å². The first kappa shape index (κ1) is 16.4. The van der Waals surface area contributed by atoms with Crippen LogP contribution >= 0.6 is 0 Å². The summed E-state index contributed by atoms with van der Waals surface area (Å²) in [5.74, 6) is -0.0387. The van der Waals surface area contributed by atoms with Gasteiger partial charge in [0.05, 0.1) is 11.1 Å². The number of carbonyl (C=O) groups excluding carboxylic acids is 1. The second kappa shape index (κ2) is 6.01. The van der Waals surface area contributed by atoms with E-state index in [0.717, 1.165) is 12.8 Å². The molecule has 1 aromatic carbocycles. The lowest BCUT2D eigenvalue weighted by Crippen LogP contribution is -2.17. The van der Waals surface area contributed by atoms with Gasteiger partial charge in [0.1, 0.15) is 17.1 Å². The number of anilines is 1. The van der Waals surface area contributed by atoms with Crippen LogP contribution in [0.4, 0.5) is 19.0 Å². The van der Waals surface area contributed by atoms with E-state index in [-0.39, 0.29) is 34.8 Å². The second-order valence-corrected chi connectivity index (χ2v) is 5.95. The van der Waals surface area contributed by atoms with Crippen LogP contribution in [-0.2, 0) is 4.79 Å². The first-order chi connectivity index (χ1) is 12.4. The van der Waals surface area contributed by atoms with E-state index in [2.05, 4.69) is 25.0 Å². The van der Waals surface area contributed by atoms with Gasteiger partial charge in [-0.05, 0) is 31.0 Å². The smallest absolute Gasteiger partial charge is 0.405 e. The molecular weight excluding hydrogens is 349 g/mol. The Morgan fingerprint density at radius 3 is 2.73 bits per heavy atom. The Kier molecular flexibility index (Phi) is 3.78. The number of hydrogen-bond acceptors (Lipinski definition) is 4. The Balaban J connectivity index is 1.73. The highest BCUT2D eigenvalue weighted by molar-refractivity contribution is 6.00. The third-order valence-electron chi connectivity index (χ3n) is 3.96. The third-order valence-corrected chi connectivity index (χ3v) is 3.96. The summed E-state index contributed by atoms with van der Waals surface area (Å²) in [4.78, 5) is 23.4. The fourth-order valence-electron chi connectivity index (χ4n) is 2.59. The maximum absolute atomic E-state index is 12.6. The summed E-state index contributed by atoms with van der Waals surface area (Å²) in [5, 5.41) is 2.72. The van der Waals surface area contributed by atoms with Crippen molar-refractivity contribution in [3.05, 3.63) is 36.5 Å². The fraction of sp³-hybridized carbons (Fsp3) is 0.235. The maximum Gasteiger partial charge on any atom is 0.573 e. The molecule has 1 aliphatic rings. The lowest BCUT2D eigenvalue weighted by molar-refractivity contribution is -0.274. The summed E-state index contributed by atoms with van der Waals surface area (Å²) in [7, 11) is 0. The number of amides is 1. The average Bonchev–Trinajstić information content (AvgIpc) is 3.33. The minimum Gasteiger partial charge on any atom is -0.405 e. The van der Waals surface area contributed by atoms with Crippen LogP contribution in [0, 0.1) is 5.92 Å². The summed E-state index contributed by atoms with van der Waals surface area (Å²) < 4.78 is 41.9. The van der Waals surface area contributed by atoms with Gasteiger partial charge in [0.2, 0.25) is 5.91 Å². The summed E-state index contributed by atoms with van der Waals surface area (Å²) in [6, 6.07) is 7.33. The van der Waals surface area contributed by atoms with Gasteiger partial charge in [0, 0.05) is 12.1 Å². The molecule has 0 spiro atoms. The van der Waals surface area contributed by atoms with Crippen molar-refractivity contribution in [3.63, 3.8) is 0 Å². The van der Waals surface area contributed by atoms with Crippen LogP contribution in [0.3, 0.4) is 0 Å². The monoisotopic (exact) mass is 362 g/mol. The first-order valence-corrected chi connectivity index (χ1v) is 7.91. The third kappa shape index (κ3) is 3.32. The number of benzene rings is 1. The zero-order valence-corrected chi connectivity index (χ0v) is 13.3. The van der Waals surface area contributed by atoms with Crippen molar-refractivity contribution >= 4 is 22.8 Å². The van der Waals surface area contributed by atoms with Gasteiger partial charge in [-0.3, -0.25) is 4.79 Å². The van der Waals surface area contributed by atoms with Crippen LogP contribution in [0.1, 0.15) is 12.8 Å². The molecule has 4 rings (SSSR count). The molecule has 2 aromatic heterocycles. The molecule has 1 aliphatic carbocycles. The summed E-state index contributed by atoms with van der Waals surface area (Å²) >= 11 is 0. The molecule has 2 N–H and O–H groups in total. The van der Waals surface area contributed by atoms with Gasteiger partial charge in [-0.1, -0.05) is 12.1 Å². The van der Waals surface area contributed by atoms with Gasteiger partial charge in [0.15, 0.2) is 5.82 Å². The van der Waals surface area contributed by atoms with Crippen molar-refractivity contribution < 1.29 is 22.7 Å². The molecule has 1 fully saturated rings. The molecule has 1 saturated carbocycles. The van der Waals surface area contributed by atoms with Crippen LogP contribution < -0.4 is 10.1 Å². The highest BCUT2D eigenvalue weighted by Crippen LogP contribution is 2.34. The number of ether oxygens (including phenoxy) is 1. The minimum absolute atomic E-state index is 0.00798. The topological polar surface area (TPSA) is 79.9 Å². The second-order valence-electron chi connectivity index (χ2n) is 5.95. The number of carbonyl (C=O) groups is 1. The Morgan fingerprint density at radius 2 is 2.00 bits per heavy atom. The van der Waals surface area contributed by atoms with Crippen LogP contribution in [-0.4, -0.2) is 27.2 Å². The molecule has 0 unspecified atom stereocenters. The fourth-order valence-corrected chi connectivity index (χ4v) is 2.59. The summed E-state index contributed by atoms with van der Waals surface area (Å²) in [5.41, 5.74) is 1.07. The molecule has 3 aromatic rings. The molecule has 2 heterocycles. The number of aromatic amines is 1. The lowest BCUT2D eigenvalue weighted by atomic mass is 10.2. The van der Waals surface area contributed by atoms with Crippen LogP contribution in [0.25, 0.3) is 22.4 Å². The molecule has 0 bridgehead atoms. The van der Waals surface area contributed by atoms with Crippen molar-refractivity contribution in [3.8, 4) is 17.1 Å². The standard InChI is InChI=1S/C17H13F3N4O2/c18-17(19,20)26-12-4-2-1-3-10(12)14-22-11-7-8-21-15(13(11)23-14)24-16(25)9-5-6-9/h1-4,7-9H,5-6H2,(H,22,23)(H,21,24,25). The van der Waals surface area contributed by atoms with Crippen molar-refractivity contribution in [1.82, 2.24) is 15.0 Å². The number of hydrogen-bond donors (Lipinski definition) is 2. The van der Waals surface area contributed by atoms with Crippen molar-refractivity contribution in [2.45, 2.75) is 19.2 Å². The Bertz CT molecular complexity index is 980. The highest BCUT2D eigenvalue weighted by Gasteiger charge is 2.33. The Hall–Kier alpha value is -3.10. The van der Waals surface area contributed by atoms with E-state index < -0.39 is 6.36 Å². The normalized spacial score (nSPS) is 14.4. The van der Waals surface area contributed by atoms with E-state index in [9.17, 15) is 18.0 Å². The van der Waals surface area contributed by atoms with Crippen LogP contribution in [0.15, 0.2) is 36.5 Å². The number of H-pyrrole nitrogens is 1. The maximum atomic E-state index is 12.6. The molecule has 0 radical (unpaired) electrons. The van der Waals surface area contributed by atoms with E-state index >= 15 is 0 Å². The van der Waals surface area contributed by atoms with Gasteiger partial charge < -0.3 is 15.0 Å². The molecule has 0 aliphatic heterocycles. The van der Waals surface area contributed by atoms with Crippen LogP contribution in [0.5, 0.6) is 5.75 Å². The highest BCUT2D eigenvalue weighted by atomic mass is 19.4. The van der Waals surface area contributed by atoms with Gasteiger partial charge in [0.25, 0.3) is 0 Å². The average molecular weight is 362 g/mol. The van der Waals surface area contributed by atoms with Crippen molar-refractivity contribution in [1.29, 1.82) is 0 Å². The number of fused-ring (bicyclic) bond motifs is 1. The molecule has 9 heteroatoms. The number of halogens is 3. The minimum atomic E-state index is -4.81. The quantitative estimate of drug-likeness (QED) is 0.738. The summed E-state index contributed by atoms with van der Waals surface area (Å²) in [6.07, 6.45) is -1.64. The number of alkyl halides is 3.